The van der Waals surface area contributed by atoms with Gasteiger partial charge in [0.2, 0.25) is 5.60 Å². The van der Waals surface area contributed by atoms with Crippen LogP contribution in [0.2, 0.25) is 0 Å². The lowest BCUT2D eigenvalue weighted by Gasteiger charge is -2.49. The van der Waals surface area contributed by atoms with Crippen LogP contribution < -0.4 is 4.74 Å². The van der Waals surface area contributed by atoms with E-state index >= 15 is 0 Å². The summed E-state index contributed by atoms with van der Waals surface area (Å²) in [7, 11) is 0. The maximum Gasteiger partial charge on any atom is 0.346 e. The lowest BCUT2D eigenvalue weighted by Crippen LogP contribution is -2.66. The average Bonchev–Trinajstić information content (AvgIpc) is 2.76. The third-order valence-electron chi connectivity index (χ3n) is 5.38. The van der Waals surface area contributed by atoms with Gasteiger partial charge in [0.25, 0.3) is 5.79 Å². The Bertz CT molecular complexity index is 1050. The number of rotatable bonds is 4. The molecule has 4 rings (SSSR count). The molecule has 0 spiro atoms. The molecule has 154 valence electrons. The minimum absolute atomic E-state index is 0.0101. The first-order valence-electron chi connectivity index (χ1n) is 9.62. The minimum atomic E-state index is -2.55. The fourth-order valence-corrected chi connectivity index (χ4v) is 3.99. The maximum atomic E-state index is 13.6. The Labute approximate surface area is 173 Å². The van der Waals surface area contributed by atoms with Crippen LogP contribution in [0.1, 0.15) is 29.5 Å². The van der Waals surface area contributed by atoms with Gasteiger partial charge >= 0.3 is 5.97 Å². The highest BCUT2D eigenvalue weighted by atomic mass is 19.1. The zero-order chi connectivity index (χ0) is 21.4. The molecule has 1 unspecified atom stereocenters. The van der Waals surface area contributed by atoms with Crippen molar-refractivity contribution in [3.05, 3.63) is 101 Å². The van der Waals surface area contributed by atoms with Crippen molar-refractivity contribution in [3.63, 3.8) is 0 Å². The van der Waals surface area contributed by atoms with E-state index in [2.05, 4.69) is 0 Å². The molecule has 6 heteroatoms. The van der Waals surface area contributed by atoms with Crippen LogP contribution in [-0.4, -0.2) is 28.4 Å². The molecule has 3 atom stereocenters. The van der Waals surface area contributed by atoms with Crippen LogP contribution in [-0.2, 0) is 15.3 Å². The number of para-hydroxylation sites is 1. The molecule has 2 N–H and O–H groups in total. The molecular formula is C24H21FO5. The van der Waals surface area contributed by atoms with E-state index in [0.717, 1.165) is 0 Å². The van der Waals surface area contributed by atoms with Crippen LogP contribution in [0, 0.1) is 5.82 Å². The monoisotopic (exact) mass is 408 g/mol. The van der Waals surface area contributed by atoms with Gasteiger partial charge in [0, 0.05) is 11.1 Å². The molecule has 5 nitrogen and oxygen atoms in total. The third kappa shape index (κ3) is 2.96. The van der Waals surface area contributed by atoms with Crippen LogP contribution >= 0.6 is 0 Å². The van der Waals surface area contributed by atoms with Crippen molar-refractivity contribution >= 4 is 5.97 Å². The van der Waals surface area contributed by atoms with E-state index in [1.807, 2.05) is 0 Å². The first kappa shape index (κ1) is 20.1. The van der Waals surface area contributed by atoms with Crippen molar-refractivity contribution in [3.8, 4) is 5.75 Å². The van der Waals surface area contributed by atoms with E-state index in [4.69, 9.17) is 9.47 Å². The van der Waals surface area contributed by atoms with Crippen molar-refractivity contribution in [1.29, 1.82) is 0 Å². The zero-order valence-corrected chi connectivity index (χ0v) is 16.3. The molecule has 1 aliphatic rings. The molecule has 30 heavy (non-hydrogen) atoms. The smallest absolute Gasteiger partial charge is 0.346 e. The minimum Gasteiger partial charge on any atom is -0.464 e. The summed E-state index contributed by atoms with van der Waals surface area (Å²) in [6.45, 7) is 1.59. The van der Waals surface area contributed by atoms with E-state index < -0.39 is 29.1 Å². The number of aliphatic hydroxyl groups is 2. The molecule has 0 radical (unpaired) electrons. The molecule has 3 aromatic carbocycles. The Kier molecular flexibility index (Phi) is 5.05. The number of carbonyl (C=O) groups is 1. The highest BCUT2D eigenvalue weighted by Gasteiger charge is 2.67. The van der Waals surface area contributed by atoms with E-state index in [1.165, 1.54) is 24.3 Å². The van der Waals surface area contributed by atoms with Gasteiger partial charge in [0.1, 0.15) is 11.6 Å². The predicted molar refractivity (Wildman–Crippen MR) is 107 cm³/mol. The number of fused-ring (bicyclic) bond motifs is 1. The van der Waals surface area contributed by atoms with Crippen LogP contribution in [0.3, 0.4) is 0 Å². The highest BCUT2D eigenvalue weighted by molar-refractivity contribution is 5.85. The Hall–Kier alpha value is -3.22. The Morgan fingerprint density at radius 1 is 1.00 bits per heavy atom. The number of hydrogen-bond donors (Lipinski definition) is 2. The topological polar surface area (TPSA) is 76.0 Å². The second-order valence-electron chi connectivity index (χ2n) is 7.12. The van der Waals surface area contributed by atoms with E-state index in [-0.39, 0.29) is 12.2 Å². The summed E-state index contributed by atoms with van der Waals surface area (Å²) < 4.78 is 24.7. The molecule has 1 aliphatic heterocycles. The SMILES string of the molecule is CCOC(=O)[C@]1(O)C(c2ccc(F)cc2)c2ccccc2O[C@@]1(O)c1ccccc1. The van der Waals surface area contributed by atoms with Crippen LogP contribution in [0.5, 0.6) is 5.75 Å². The van der Waals surface area contributed by atoms with Crippen LogP contribution in [0.4, 0.5) is 4.39 Å². The molecule has 0 aliphatic carbocycles. The van der Waals surface area contributed by atoms with Gasteiger partial charge in [-0.25, -0.2) is 9.18 Å². The van der Waals surface area contributed by atoms with Crippen molar-refractivity contribution < 1.29 is 28.9 Å². The fourth-order valence-electron chi connectivity index (χ4n) is 3.99. The first-order chi connectivity index (χ1) is 14.4. The standard InChI is InChI=1S/C24H21FO5/c1-2-29-22(26)23(27)21(16-12-14-18(25)15-13-16)19-10-6-7-11-20(19)30-24(23,28)17-8-4-3-5-9-17/h3-15,21,27-28H,2H2,1H3/t21?,23-,24+/m1/s1. The highest BCUT2D eigenvalue weighted by Crippen LogP contribution is 2.54. The average molecular weight is 408 g/mol. The van der Waals surface area contributed by atoms with Gasteiger partial charge in [0.05, 0.1) is 12.5 Å². The predicted octanol–water partition coefficient (Wildman–Crippen LogP) is 3.49. The lowest BCUT2D eigenvalue weighted by molar-refractivity contribution is -0.280. The van der Waals surface area contributed by atoms with Crippen LogP contribution in [0.25, 0.3) is 0 Å². The Morgan fingerprint density at radius 3 is 2.30 bits per heavy atom. The Balaban J connectivity index is 2.03. The summed E-state index contributed by atoms with van der Waals surface area (Å²) in [6, 6.07) is 20.4. The lowest BCUT2D eigenvalue weighted by atomic mass is 9.68. The maximum absolute atomic E-state index is 13.6. The largest absolute Gasteiger partial charge is 0.464 e. The molecule has 0 saturated carbocycles. The van der Waals surface area contributed by atoms with Crippen molar-refractivity contribution in [2.45, 2.75) is 24.2 Å². The summed E-state index contributed by atoms with van der Waals surface area (Å²) in [4.78, 5) is 13.2. The molecule has 1 heterocycles. The van der Waals surface area contributed by atoms with Gasteiger partial charge in [-0.05, 0) is 30.7 Å². The van der Waals surface area contributed by atoms with Crippen molar-refractivity contribution in [1.82, 2.24) is 0 Å². The normalized spacial score (nSPS) is 25.1. The van der Waals surface area contributed by atoms with Gasteiger partial charge in [-0.1, -0.05) is 60.7 Å². The molecule has 0 bridgehead atoms. The van der Waals surface area contributed by atoms with Gasteiger partial charge in [-0.2, -0.15) is 0 Å². The molecule has 3 aromatic rings. The Morgan fingerprint density at radius 2 is 1.63 bits per heavy atom. The number of ether oxygens (including phenoxy) is 2. The summed E-state index contributed by atoms with van der Waals surface area (Å²) in [5.74, 6) is -4.73. The summed E-state index contributed by atoms with van der Waals surface area (Å²) in [6.07, 6.45) is 0. The number of hydrogen-bond acceptors (Lipinski definition) is 5. The van der Waals surface area contributed by atoms with Gasteiger partial charge < -0.3 is 19.7 Å². The quantitative estimate of drug-likeness (QED) is 0.647. The number of benzene rings is 3. The summed E-state index contributed by atoms with van der Waals surface area (Å²) in [5.41, 5.74) is -1.46. The molecular weight excluding hydrogens is 387 g/mol. The van der Waals surface area contributed by atoms with Gasteiger partial charge in [-0.15, -0.1) is 0 Å². The van der Waals surface area contributed by atoms with Crippen molar-refractivity contribution in [2.75, 3.05) is 6.61 Å². The number of halogens is 1. The molecule has 0 fully saturated rings. The molecule has 0 aromatic heterocycles. The van der Waals surface area contributed by atoms with Crippen LogP contribution in [0.15, 0.2) is 78.9 Å². The first-order valence-corrected chi connectivity index (χ1v) is 9.62. The zero-order valence-electron chi connectivity index (χ0n) is 16.3. The second kappa shape index (κ2) is 7.55. The fraction of sp³-hybridized carbons (Fsp3) is 0.208. The van der Waals surface area contributed by atoms with Gasteiger partial charge in [-0.3, -0.25) is 0 Å². The summed E-state index contributed by atoms with van der Waals surface area (Å²) >= 11 is 0. The van der Waals surface area contributed by atoms with Crippen molar-refractivity contribution in [2.24, 2.45) is 0 Å². The molecule has 0 saturated heterocycles. The van der Waals surface area contributed by atoms with Gasteiger partial charge in [0.15, 0.2) is 0 Å². The molecule has 0 amide bonds. The van der Waals surface area contributed by atoms with E-state index in [9.17, 15) is 19.4 Å². The second-order valence-corrected chi connectivity index (χ2v) is 7.12. The third-order valence-corrected chi connectivity index (χ3v) is 5.38. The van der Waals surface area contributed by atoms with E-state index in [0.29, 0.717) is 16.9 Å². The number of carbonyl (C=O) groups excluding carboxylic acids is 1. The number of esters is 1. The summed E-state index contributed by atoms with van der Waals surface area (Å²) in [5, 5.41) is 23.7. The van der Waals surface area contributed by atoms with E-state index in [1.54, 1.807) is 61.5 Å².